The molecule has 1 N–H and O–H groups in total. The van der Waals surface area contributed by atoms with Crippen LogP contribution in [0, 0.1) is 17.2 Å². The summed E-state index contributed by atoms with van der Waals surface area (Å²) in [4.78, 5) is 18.7. The number of aromatic nitrogens is 3. The van der Waals surface area contributed by atoms with E-state index < -0.39 is 0 Å². The number of hydrogen-bond donors (Lipinski definition) is 1. The number of amides is 1. The van der Waals surface area contributed by atoms with E-state index in [0.29, 0.717) is 24.7 Å². The van der Waals surface area contributed by atoms with Crippen molar-refractivity contribution in [2.24, 2.45) is 5.92 Å². The Morgan fingerprint density at radius 1 is 1.31 bits per heavy atom. The summed E-state index contributed by atoms with van der Waals surface area (Å²) in [6.07, 6.45) is 5.85. The molecule has 2 aromatic heterocycles. The average molecular weight is 396 g/mol. The van der Waals surface area contributed by atoms with Crippen molar-refractivity contribution in [1.29, 1.82) is 5.26 Å². The van der Waals surface area contributed by atoms with Crippen LogP contribution in [0.5, 0.6) is 5.88 Å². The summed E-state index contributed by atoms with van der Waals surface area (Å²) >= 11 is 0. The molecule has 0 aliphatic carbocycles. The molecule has 4 rings (SSSR count). The third kappa shape index (κ3) is 3.89. The highest BCUT2D eigenvalue weighted by Crippen LogP contribution is 2.32. The van der Waals surface area contributed by atoms with E-state index in [2.05, 4.69) is 26.4 Å². The lowest BCUT2D eigenvalue weighted by Gasteiger charge is -2.34. The van der Waals surface area contributed by atoms with Crippen LogP contribution >= 0.6 is 0 Å². The first-order valence-electron chi connectivity index (χ1n) is 9.81. The minimum absolute atomic E-state index is 0.00997. The second-order valence-electron chi connectivity index (χ2n) is 7.26. The van der Waals surface area contributed by atoms with E-state index in [1.54, 1.807) is 12.4 Å². The molecule has 1 atom stereocenters. The standard InChI is InChI=1S/C20H24N6O3/c1-28-20-16(12-21)17(2-7-22-20)25-9-4-15(5-10-25)26-18(3-8-23-26)24-19(27)14-6-11-29-13-14/h2-3,7-8,14-15H,4-6,9-11,13H2,1H3,(H,24,27). The Hall–Kier alpha value is -3.12. The van der Waals surface area contributed by atoms with Crippen LogP contribution in [0.3, 0.4) is 0 Å². The third-order valence-electron chi connectivity index (χ3n) is 5.57. The molecule has 9 heteroatoms. The lowest BCUT2D eigenvalue weighted by molar-refractivity contribution is -0.119. The highest BCUT2D eigenvalue weighted by molar-refractivity contribution is 5.92. The zero-order chi connectivity index (χ0) is 20.2. The van der Waals surface area contributed by atoms with Gasteiger partial charge in [0.1, 0.15) is 17.5 Å². The minimum Gasteiger partial charge on any atom is -0.480 e. The average Bonchev–Trinajstić information content (AvgIpc) is 3.45. The van der Waals surface area contributed by atoms with Crippen molar-refractivity contribution < 1.29 is 14.3 Å². The number of nitrogens with zero attached hydrogens (tertiary/aromatic N) is 5. The SMILES string of the molecule is COc1nccc(N2CCC(n3nccc3NC(=O)C3CCOC3)CC2)c1C#N. The second-order valence-corrected chi connectivity index (χ2v) is 7.26. The smallest absolute Gasteiger partial charge is 0.233 e. The van der Waals surface area contributed by atoms with Crippen LogP contribution in [0.1, 0.15) is 30.9 Å². The Balaban J connectivity index is 1.43. The number of hydrogen-bond acceptors (Lipinski definition) is 7. The van der Waals surface area contributed by atoms with Gasteiger partial charge in [-0.25, -0.2) is 9.67 Å². The Labute approximate surface area is 169 Å². The van der Waals surface area contributed by atoms with Crippen molar-refractivity contribution in [3.63, 3.8) is 0 Å². The van der Waals surface area contributed by atoms with Gasteiger partial charge in [-0.3, -0.25) is 4.79 Å². The van der Waals surface area contributed by atoms with Crippen LogP contribution < -0.4 is 15.0 Å². The van der Waals surface area contributed by atoms with Gasteiger partial charge in [0.25, 0.3) is 0 Å². The van der Waals surface area contributed by atoms with E-state index in [1.807, 2.05) is 16.8 Å². The third-order valence-corrected chi connectivity index (χ3v) is 5.57. The Bertz CT molecular complexity index is 907. The van der Waals surface area contributed by atoms with E-state index in [4.69, 9.17) is 9.47 Å². The molecule has 2 saturated heterocycles. The predicted molar refractivity (Wildman–Crippen MR) is 106 cm³/mol. The van der Waals surface area contributed by atoms with Gasteiger partial charge < -0.3 is 19.7 Å². The summed E-state index contributed by atoms with van der Waals surface area (Å²) in [5, 5.41) is 17.0. The van der Waals surface area contributed by atoms with Crippen molar-refractivity contribution in [2.75, 3.05) is 43.6 Å². The largest absolute Gasteiger partial charge is 0.480 e. The Morgan fingerprint density at radius 2 is 2.14 bits per heavy atom. The number of nitrogens with one attached hydrogen (secondary N) is 1. The summed E-state index contributed by atoms with van der Waals surface area (Å²) in [6, 6.07) is 6.08. The first kappa shape index (κ1) is 19.2. The second kappa shape index (κ2) is 8.49. The molecule has 0 aromatic carbocycles. The monoisotopic (exact) mass is 396 g/mol. The Morgan fingerprint density at radius 3 is 2.83 bits per heavy atom. The summed E-state index contributed by atoms with van der Waals surface area (Å²) in [6.45, 7) is 2.67. The van der Waals surface area contributed by atoms with Gasteiger partial charge in [-0.15, -0.1) is 0 Å². The highest BCUT2D eigenvalue weighted by Gasteiger charge is 2.28. The van der Waals surface area contributed by atoms with Gasteiger partial charge in [0, 0.05) is 32.0 Å². The molecule has 1 amide bonds. The van der Waals surface area contributed by atoms with Crippen LogP contribution in [0.4, 0.5) is 11.5 Å². The quantitative estimate of drug-likeness (QED) is 0.824. The number of anilines is 2. The zero-order valence-electron chi connectivity index (χ0n) is 16.4. The van der Waals surface area contributed by atoms with Gasteiger partial charge in [0.2, 0.25) is 11.8 Å². The highest BCUT2D eigenvalue weighted by atomic mass is 16.5. The lowest BCUT2D eigenvalue weighted by atomic mass is 10.0. The fraction of sp³-hybridized carbons (Fsp3) is 0.500. The molecule has 9 nitrogen and oxygen atoms in total. The molecule has 29 heavy (non-hydrogen) atoms. The van der Waals surface area contributed by atoms with Crippen molar-refractivity contribution in [3.05, 3.63) is 30.1 Å². The Kier molecular flexibility index (Phi) is 5.62. The van der Waals surface area contributed by atoms with Crippen molar-refractivity contribution >= 4 is 17.4 Å². The molecular formula is C20H24N6O3. The van der Waals surface area contributed by atoms with Crippen LogP contribution in [0.25, 0.3) is 0 Å². The molecule has 2 aliphatic rings. The maximum atomic E-state index is 12.4. The summed E-state index contributed by atoms with van der Waals surface area (Å²) < 4.78 is 12.4. The summed E-state index contributed by atoms with van der Waals surface area (Å²) in [5.41, 5.74) is 1.30. The minimum atomic E-state index is -0.0914. The molecule has 0 bridgehead atoms. The van der Waals surface area contributed by atoms with Gasteiger partial charge in [-0.2, -0.15) is 10.4 Å². The molecule has 2 fully saturated rings. The molecule has 0 spiro atoms. The fourth-order valence-electron chi connectivity index (χ4n) is 3.98. The number of piperidine rings is 1. The van der Waals surface area contributed by atoms with Crippen LogP contribution in [0.2, 0.25) is 0 Å². The number of carbonyl (C=O) groups excluding carboxylic acids is 1. The number of ether oxygens (including phenoxy) is 2. The molecule has 0 radical (unpaired) electrons. The molecule has 1 unspecified atom stereocenters. The molecule has 2 aromatic rings. The van der Waals surface area contributed by atoms with Crippen molar-refractivity contribution in [1.82, 2.24) is 14.8 Å². The van der Waals surface area contributed by atoms with E-state index in [-0.39, 0.29) is 17.9 Å². The molecule has 4 heterocycles. The number of methoxy groups -OCH3 is 1. The molecule has 0 saturated carbocycles. The van der Waals surface area contributed by atoms with Gasteiger partial charge in [0.15, 0.2) is 0 Å². The number of carbonyl (C=O) groups is 1. The predicted octanol–water partition coefficient (Wildman–Crippen LogP) is 1.97. The molecule has 152 valence electrons. The van der Waals surface area contributed by atoms with Crippen LogP contribution in [-0.4, -0.2) is 54.1 Å². The number of rotatable bonds is 5. The topological polar surface area (TPSA) is 105 Å². The zero-order valence-corrected chi connectivity index (χ0v) is 16.4. The fourth-order valence-corrected chi connectivity index (χ4v) is 3.98. The van der Waals surface area contributed by atoms with E-state index in [1.165, 1.54) is 7.11 Å². The van der Waals surface area contributed by atoms with E-state index >= 15 is 0 Å². The van der Waals surface area contributed by atoms with Crippen LogP contribution in [-0.2, 0) is 9.53 Å². The first-order valence-corrected chi connectivity index (χ1v) is 9.81. The number of nitriles is 1. The maximum Gasteiger partial charge on any atom is 0.233 e. The molecule has 2 aliphatic heterocycles. The van der Waals surface area contributed by atoms with Gasteiger partial charge in [0.05, 0.1) is 37.6 Å². The maximum absolute atomic E-state index is 12.4. The van der Waals surface area contributed by atoms with Crippen LogP contribution in [0.15, 0.2) is 24.5 Å². The van der Waals surface area contributed by atoms with Gasteiger partial charge >= 0.3 is 0 Å². The number of pyridine rings is 1. The molecular weight excluding hydrogens is 372 g/mol. The summed E-state index contributed by atoms with van der Waals surface area (Å²) in [5.74, 6) is 0.972. The van der Waals surface area contributed by atoms with Crippen molar-refractivity contribution in [3.8, 4) is 11.9 Å². The van der Waals surface area contributed by atoms with Gasteiger partial charge in [-0.1, -0.05) is 0 Å². The van der Waals surface area contributed by atoms with Crippen molar-refractivity contribution in [2.45, 2.75) is 25.3 Å². The normalized spacial score (nSPS) is 19.7. The van der Waals surface area contributed by atoms with E-state index in [0.717, 1.165) is 43.9 Å². The lowest BCUT2D eigenvalue weighted by Crippen LogP contribution is -2.36. The van der Waals surface area contributed by atoms with Gasteiger partial charge in [-0.05, 0) is 25.3 Å². The first-order chi connectivity index (χ1) is 14.2. The van der Waals surface area contributed by atoms with E-state index in [9.17, 15) is 10.1 Å². The summed E-state index contributed by atoms with van der Waals surface area (Å²) in [7, 11) is 1.52.